The van der Waals surface area contributed by atoms with Gasteiger partial charge in [-0.1, -0.05) is 46.3 Å². The van der Waals surface area contributed by atoms with Crippen molar-refractivity contribution in [2.24, 2.45) is 0 Å². The molecule has 2 N–H and O–H groups in total. The summed E-state index contributed by atoms with van der Waals surface area (Å²) < 4.78 is 6.42. The van der Waals surface area contributed by atoms with Gasteiger partial charge < -0.3 is 15.0 Å². The van der Waals surface area contributed by atoms with Gasteiger partial charge >= 0.3 is 0 Å². The van der Waals surface area contributed by atoms with Crippen molar-refractivity contribution < 1.29 is 14.4 Å². The van der Waals surface area contributed by atoms with Crippen LogP contribution in [-0.2, 0) is 17.9 Å². The van der Waals surface area contributed by atoms with Crippen LogP contribution in [0.5, 0.6) is 5.75 Å². The number of rotatable bonds is 7. The molecule has 2 aromatic rings. The summed E-state index contributed by atoms with van der Waals surface area (Å²) in [5.41, 5.74) is 2.18. The highest BCUT2D eigenvalue weighted by atomic mass is 79.9. The molecule has 0 saturated heterocycles. The van der Waals surface area contributed by atoms with Crippen LogP contribution in [0.2, 0.25) is 0 Å². The first kappa shape index (κ1) is 18.5. The van der Waals surface area contributed by atoms with Gasteiger partial charge in [-0.2, -0.15) is 0 Å². The van der Waals surface area contributed by atoms with Gasteiger partial charge in [0, 0.05) is 16.6 Å². The monoisotopic (exact) mass is 391 g/mol. The molecule has 0 saturated carbocycles. The summed E-state index contributed by atoms with van der Waals surface area (Å²) in [5.74, 6) is 0.889. The zero-order valence-electron chi connectivity index (χ0n) is 14.3. The number of hydrogen-bond donors (Lipinski definition) is 2. The van der Waals surface area contributed by atoms with Crippen LogP contribution in [0.3, 0.4) is 0 Å². The van der Waals surface area contributed by atoms with E-state index in [1.54, 1.807) is 7.11 Å². The molecule has 2 aromatic carbocycles. The molecule has 24 heavy (non-hydrogen) atoms. The number of methoxy groups -OCH3 is 1. The Bertz CT molecular complexity index is 676. The number of nitrogens with one attached hydrogen (secondary N) is 2. The lowest BCUT2D eigenvalue weighted by Crippen LogP contribution is -3.12. The Morgan fingerprint density at radius 1 is 1.25 bits per heavy atom. The summed E-state index contributed by atoms with van der Waals surface area (Å²) in [6.45, 7) is 3.21. The number of benzene rings is 2. The van der Waals surface area contributed by atoms with Crippen molar-refractivity contribution in [2.45, 2.75) is 26.1 Å². The van der Waals surface area contributed by atoms with E-state index >= 15 is 0 Å². The number of carbonyl (C=O) groups excluding carboxylic acids is 1. The van der Waals surface area contributed by atoms with E-state index in [9.17, 15) is 4.79 Å². The first-order valence-electron chi connectivity index (χ1n) is 7.97. The molecular formula is C19H24BrN2O2+. The quantitative estimate of drug-likeness (QED) is 0.759. The lowest BCUT2D eigenvalue weighted by atomic mass is 10.1. The van der Waals surface area contributed by atoms with Crippen LogP contribution in [0.4, 0.5) is 0 Å². The highest BCUT2D eigenvalue weighted by Crippen LogP contribution is 2.22. The van der Waals surface area contributed by atoms with Gasteiger partial charge in [-0.15, -0.1) is 0 Å². The Morgan fingerprint density at radius 2 is 1.96 bits per heavy atom. The molecule has 2 atom stereocenters. The van der Waals surface area contributed by atoms with Crippen LogP contribution in [0.1, 0.15) is 18.1 Å². The van der Waals surface area contributed by atoms with Gasteiger partial charge in [-0.05, 0) is 30.7 Å². The second-order valence-corrected chi connectivity index (χ2v) is 6.82. The predicted molar refractivity (Wildman–Crippen MR) is 99.0 cm³/mol. The fourth-order valence-corrected chi connectivity index (χ4v) is 2.91. The maximum absolute atomic E-state index is 12.4. The first-order valence-corrected chi connectivity index (χ1v) is 8.77. The first-order chi connectivity index (χ1) is 11.5. The molecule has 1 amide bonds. The molecule has 0 heterocycles. The van der Waals surface area contributed by atoms with E-state index in [1.165, 1.54) is 0 Å². The molecule has 2 rings (SSSR count). The van der Waals surface area contributed by atoms with Crippen molar-refractivity contribution in [1.29, 1.82) is 0 Å². The summed E-state index contributed by atoms with van der Waals surface area (Å²) in [4.78, 5) is 13.5. The third-order valence-electron chi connectivity index (χ3n) is 4.15. The van der Waals surface area contributed by atoms with Crippen LogP contribution in [-0.4, -0.2) is 26.1 Å². The standard InChI is InChI=1S/C19H23BrN2O2/c1-14(19(23)21-12-15-7-5-4-6-8-15)22(2)13-16-11-17(20)9-10-18(16)24-3/h4-11,14H,12-13H2,1-3H3,(H,21,23)/p+1/t14-/m0/s1. The number of halogens is 1. The van der Waals surface area contributed by atoms with E-state index in [0.717, 1.165) is 26.2 Å². The molecule has 0 aliphatic heterocycles. The number of likely N-dealkylation sites (N-methyl/N-ethyl adjacent to an activating group) is 1. The summed E-state index contributed by atoms with van der Waals surface area (Å²) in [5, 5.41) is 3.01. The van der Waals surface area contributed by atoms with Gasteiger partial charge in [-0.25, -0.2) is 0 Å². The smallest absolute Gasteiger partial charge is 0.278 e. The predicted octanol–water partition coefficient (Wildman–Crippen LogP) is 2.18. The molecule has 0 fully saturated rings. The largest absolute Gasteiger partial charge is 0.496 e. The zero-order valence-corrected chi connectivity index (χ0v) is 15.9. The average molecular weight is 392 g/mol. The van der Waals surface area contributed by atoms with Gasteiger partial charge in [0.25, 0.3) is 5.91 Å². The van der Waals surface area contributed by atoms with E-state index in [2.05, 4.69) is 21.2 Å². The lowest BCUT2D eigenvalue weighted by molar-refractivity contribution is -0.908. The Balaban J connectivity index is 1.95. The molecule has 0 radical (unpaired) electrons. The minimum absolute atomic E-state index is 0.0466. The fourth-order valence-electron chi connectivity index (χ4n) is 2.50. The minimum Gasteiger partial charge on any atom is -0.496 e. The molecule has 0 aliphatic carbocycles. The Morgan fingerprint density at radius 3 is 2.62 bits per heavy atom. The normalized spacial score (nSPS) is 13.2. The number of hydrogen-bond acceptors (Lipinski definition) is 2. The second kappa shape index (κ2) is 8.85. The van der Waals surface area contributed by atoms with E-state index < -0.39 is 0 Å². The summed E-state index contributed by atoms with van der Waals surface area (Å²) in [6, 6.07) is 15.7. The lowest BCUT2D eigenvalue weighted by Gasteiger charge is -2.22. The Labute approximate surface area is 151 Å². The maximum atomic E-state index is 12.4. The SMILES string of the molecule is COc1ccc(Br)cc1C[NH+](C)[C@@H](C)C(=O)NCc1ccccc1. The van der Waals surface area contributed by atoms with Gasteiger partial charge in [-0.3, -0.25) is 4.79 Å². The van der Waals surface area contributed by atoms with Crippen LogP contribution in [0, 0.1) is 0 Å². The van der Waals surface area contributed by atoms with Crippen molar-refractivity contribution in [2.75, 3.05) is 14.2 Å². The summed E-state index contributed by atoms with van der Waals surface area (Å²) in [6.07, 6.45) is 0. The van der Waals surface area contributed by atoms with Crippen molar-refractivity contribution in [3.05, 3.63) is 64.1 Å². The molecule has 5 heteroatoms. The van der Waals surface area contributed by atoms with Gasteiger partial charge in [0.05, 0.1) is 14.2 Å². The van der Waals surface area contributed by atoms with Crippen LogP contribution in [0.25, 0.3) is 0 Å². The molecule has 0 spiro atoms. The van der Waals surface area contributed by atoms with E-state index in [1.807, 2.05) is 62.5 Å². The van der Waals surface area contributed by atoms with Crippen molar-refractivity contribution in [1.82, 2.24) is 5.32 Å². The molecule has 4 nitrogen and oxygen atoms in total. The third-order valence-corrected chi connectivity index (χ3v) is 4.65. The average Bonchev–Trinajstić information content (AvgIpc) is 2.60. The summed E-state index contributed by atoms with van der Waals surface area (Å²) >= 11 is 3.49. The van der Waals surface area contributed by atoms with Crippen molar-refractivity contribution >= 4 is 21.8 Å². The van der Waals surface area contributed by atoms with Crippen LogP contribution >= 0.6 is 15.9 Å². The van der Waals surface area contributed by atoms with E-state index in [-0.39, 0.29) is 11.9 Å². The number of ether oxygens (including phenoxy) is 1. The van der Waals surface area contributed by atoms with Crippen molar-refractivity contribution in [3.8, 4) is 5.75 Å². The maximum Gasteiger partial charge on any atom is 0.278 e. The summed E-state index contributed by atoms with van der Waals surface area (Å²) in [7, 11) is 3.69. The molecule has 0 bridgehead atoms. The highest BCUT2D eigenvalue weighted by Gasteiger charge is 2.22. The fraction of sp³-hybridized carbons (Fsp3) is 0.316. The van der Waals surface area contributed by atoms with Gasteiger partial charge in [0.2, 0.25) is 0 Å². The molecular weight excluding hydrogens is 368 g/mol. The molecule has 0 aliphatic rings. The van der Waals surface area contributed by atoms with E-state index in [0.29, 0.717) is 13.1 Å². The Hall–Kier alpha value is -1.85. The van der Waals surface area contributed by atoms with Crippen molar-refractivity contribution in [3.63, 3.8) is 0 Å². The number of amides is 1. The minimum atomic E-state index is -0.155. The van der Waals surface area contributed by atoms with Gasteiger partial charge in [0.15, 0.2) is 6.04 Å². The number of carbonyl (C=O) groups is 1. The second-order valence-electron chi connectivity index (χ2n) is 5.90. The topological polar surface area (TPSA) is 42.8 Å². The van der Waals surface area contributed by atoms with Crippen LogP contribution in [0.15, 0.2) is 53.0 Å². The molecule has 0 aromatic heterocycles. The zero-order chi connectivity index (χ0) is 17.5. The molecule has 128 valence electrons. The highest BCUT2D eigenvalue weighted by molar-refractivity contribution is 9.10. The molecule has 1 unspecified atom stereocenters. The Kier molecular flexibility index (Phi) is 6.82. The van der Waals surface area contributed by atoms with Crippen LogP contribution < -0.4 is 15.0 Å². The van der Waals surface area contributed by atoms with E-state index in [4.69, 9.17) is 4.74 Å². The van der Waals surface area contributed by atoms with Gasteiger partial charge in [0.1, 0.15) is 12.3 Å². The third kappa shape index (κ3) is 5.08. The number of quaternary nitrogens is 1.